The lowest BCUT2D eigenvalue weighted by molar-refractivity contribution is 0.514. The Morgan fingerprint density at radius 2 is 1.18 bits per heavy atom. The molecule has 1 aliphatic rings. The Labute approximate surface area is 103 Å². The molecule has 0 N–H and O–H groups in total. The van der Waals surface area contributed by atoms with Gasteiger partial charge in [-0.05, 0) is 17.7 Å². The van der Waals surface area contributed by atoms with Gasteiger partial charge in [-0.1, -0.05) is 67.6 Å². The molecule has 86 valence electrons. The number of hydrogen-bond donors (Lipinski definition) is 0. The number of nitrogens with zero attached hydrogens (tertiary/aromatic N) is 1. The third-order valence-electron chi connectivity index (χ3n) is 3.57. The van der Waals surface area contributed by atoms with E-state index in [4.69, 9.17) is 0 Å². The van der Waals surface area contributed by atoms with Crippen LogP contribution in [0.3, 0.4) is 0 Å². The molecule has 0 radical (unpaired) electrons. The van der Waals surface area contributed by atoms with Crippen LogP contribution in [-0.2, 0) is 0 Å². The van der Waals surface area contributed by atoms with E-state index >= 15 is 0 Å². The lowest BCUT2D eigenvalue weighted by Crippen LogP contribution is -1.96. The van der Waals surface area contributed by atoms with Gasteiger partial charge < -0.3 is 0 Å². The topological polar surface area (TPSA) is 3.01 Å². The van der Waals surface area contributed by atoms with E-state index in [2.05, 4.69) is 72.5 Å². The summed E-state index contributed by atoms with van der Waals surface area (Å²) in [5.41, 5.74) is 2.87. The summed E-state index contributed by atoms with van der Waals surface area (Å²) in [4.78, 5) is 2.53. The summed E-state index contributed by atoms with van der Waals surface area (Å²) in [5.74, 6) is 0. The predicted molar refractivity (Wildman–Crippen MR) is 70.7 cm³/mol. The van der Waals surface area contributed by atoms with Crippen LogP contribution in [0.5, 0.6) is 0 Å². The normalized spacial score (nSPS) is 26.8. The molecule has 0 aliphatic carbocycles. The summed E-state index contributed by atoms with van der Waals surface area (Å²) >= 11 is 0. The fourth-order valence-corrected chi connectivity index (χ4v) is 2.72. The second-order valence-corrected chi connectivity index (χ2v) is 4.54. The third-order valence-corrected chi connectivity index (χ3v) is 3.57. The van der Waals surface area contributed by atoms with Crippen LogP contribution in [0.2, 0.25) is 0 Å². The monoisotopic (exact) mass is 223 g/mol. The number of rotatable bonds is 3. The minimum atomic E-state index is 0.573. The van der Waals surface area contributed by atoms with E-state index in [9.17, 15) is 0 Å². The highest BCUT2D eigenvalue weighted by molar-refractivity contribution is 5.34. The van der Waals surface area contributed by atoms with Crippen LogP contribution < -0.4 is 0 Å². The smallest absolute Gasteiger partial charge is 0.0552 e. The summed E-state index contributed by atoms with van der Waals surface area (Å²) in [6.45, 7) is 3.35. The Morgan fingerprint density at radius 3 is 1.53 bits per heavy atom. The van der Waals surface area contributed by atoms with Gasteiger partial charge in [0.05, 0.1) is 12.1 Å². The lowest BCUT2D eigenvalue weighted by Gasteiger charge is -1.97. The van der Waals surface area contributed by atoms with E-state index < -0.39 is 0 Å². The first-order chi connectivity index (χ1) is 8.42. The number of hydrogen-bond acceptors (Lipinski definition) is 1. The molecular weight excluding hydrogens is 206 g/mol. The molecule has 0 spiro atoms. The van der Waals surface area contributed by atoms with E-state index in [1.807, 2.05) is 0 Å². The van der Waals surface area contributed by atoms with E-state index in [-0.39, 0.29) is 0 Å². The Kier molecular flexibility index (Phi) is 2.69. The molecule has 1 heteroatoms. The summed E-state index contributed by atoms with van der Waals surface area (Å²) in [6, 6.07) is 22.8. The van der Waals surface area contributed by atoms with Gasteiger partial charge in [-0.25, -0.2) is 0 Å². The third kappa shape index (κ3) is 1.87. The van der Waals surface area contributed by atoms with Crippen LogP contribution in [0, 0.1) is 0 Å². The highest BCUT2D eigenvalue weighted by Crippen LogP contribution is 2.53. The van der Waals surface area contributed by atoms with Gasteiger partial charge in [0.25, 0.3) is 0 Å². The van der Waals surface area contributed by atoms with Crippen LogP contribution in [0.4, 0.5) is 0 Å². The van der Waals surface area contributed by atoms with Crippen molar-refractivity contribution in [3.63, 3.8) is 0 Å². The van der Waals surface area contributed by atoms with Crippen molar-refractivity contribution in [2.24, 2.45) is 0 Å². The van der Waals surface area contributed by atoms with Gasteiger partial charge in [-0.2, -0.15) is 0 Å². The van der Waals surface area contributed by atoms with Crippen LogP contribution in [-0.4, -0.2) is 11.4 Å². The van der Waals surface area contributed by atoms with Crippen LogP contribution in [0.25, 0.3) is 0 Å². The highest BCUT2D eigenvalue weighted by atomic mass is 15.3. The van der Waals surface area contributed by atoms with Crippen LogP contribution >= 0.6 is 0 Å². The van der Waals surface area contributed by atoms with Gasteiger partial charge in [-0.15, -0.1) is 0 Å². The van der Waals surface area contributed by atoms with Crippen molar-refractivity contribution >= 4 is 0 Å². The van der Waals surface area contributed by atoms with Gasteiger partial charge >= 0.3 is 0 Å². The van der Waals surface area contributed by atoms with Crippen LogP contribution in [0.1, 0.15) is 30.1 Å². The summed E-state index contributed by atoms with van der Waals surface area (Å²) in [7, 11) is 0. The first-order valence-electron chi connectivity index (χ1n) is 6.27. The largest absolute Gasteiger partial charge is 0.286 e. The fourth-order valence-electron chi connectivity index (χ4n) is 2.72. The van der Waals surface area contributed by atoms with Crippen LogP contribution in [0.15, 0.2) is 60.7 Å². The minimum absolute atomic E-state index is 0.573. The standard InChI is InChI=1S/C16H17N/c1-2-17-15(13-9-5-3-6-10-13)16(17)14-11-7-4-8-12-14/h3-12,15-16H,2H2,1H3/t15-,16-/m0/s1. The molecule has 0 bridgehead atoms. The maximum absolute atomic E-state index is 2.53. The van der Waals surface area contributed by atoms with Crippen molar-refractivity contribution < 1.29 is 0 Å². The maximum Gasteiger partial charge on any atom is 0.0552 e. The molecule has 0 amide bonds. The van der Waals surface area contributed by atoms with Gasteiger partial charge in [-0.3, -0.25) is 4.90 Å². The molecule has 2 aromatic carbocycles. The maximum atomic E-state index is 2.53. The molecule has 1 nitrogen and oxygen atoms in total. The molecule has 1 fully saturated rings. The summed E-state index contributed by atoms with van der Waals surface area (Å²) in [5, 5.41) is 0. The first-order valence-corrected chi connectivity index (χ1v) is 6.27. The van der Waals surface area contributed by atoms with E-state index in [1.165, 1.54) is 11.1 Å². The number of benzene rings is 2. The van der Waals surface area contributed by atoms with Crippen molar-refractivity contribution in [2.75, 3.05) is 6.54 Å². The van der Waals surface area contributed by atoms with Gasteiger partial charge in [0.1, 0.15) is 0 Å². The summed E-state index contributed by atoms with van der Waals surface area (Å²) in [6.07, 6.45) is 0. The molecule has 1 aliphatic heterocycles. The van der Waals surface area contributed by atoms with E-state index in [1.54, 1.807) is 0 Å². The molecule has 17 heavy (non-hydrogen) atoms. The van der Waals surface area contributed by atoms with Gasteiger partial charge in [0, 0.05) is 0 Å². The number of likely N-dealkylation sites (N-methyl/N-ethyl adjacent to an activating group) is 1. The van der Waals surface area contributed by atoms with E-state index in [0.29, 0.717) is 12.1 Å². The fraction of sp³-hybridized carbons (Fsp3) is 0.250. The highest BCUT2D eigenvalue weighted by Gasteiger charge is 2.47. The average molecular weight is 223 g/mol. The molecule has 0 aromatic heterocycles. The first kappa shape index (κ1) is 10.5. The lowest BCUT2D eigenvalue weighted by atomic mass is 10.0. The van der Waals surface area contributed by atoms with Gasteiger partial charge in [0.15, 0.2) is 0 Å². The Hall–Kier alpha value is -1.60. The zero-order valence-electron chi connectivity index (χ0n) is 10.1. The molecule has 2 aromatic rings. The quantitative estimate of drug-likeness (QED) is 0.715. The van der Waals surface area contributed by atoms with Crippen molar-refractivity contribution in [3.8, 4) is 0 Å². The second kappa shape index (κ2) is 4.34. The molecule has 2 atom stereocenters. The Bertz CT molecular complexity index is 432. The molecule has 1 heterocycles. The van der Waals surface area contributed by atoms with Crippen molar-refractivity contribution in [1.82, 2.24) is 4.90 Å². The Morgan fingerprint density at radius 1 is 0.765 bits per heavy atom. The predicted octanol–water partition coefficient (Wildman–Crippen LogP) is 3.80. The van der Waals surface area contributed by atoms with Crippen molar-refractivity contribution in [1.29, 1.82) is 0 Å². The molecule has 0 saturated carbocycles. The Balaban J connectivity index is 1.88. The zero-order valence-corrected chi connectivity index (χ0v) is 10.1. The van der Waals surface area contributed by atoms with Crippen molar-refractivity contribution in [2.45, 2.75) is 19.0 Å². The van der Waals surface area contributed by atoms with Crippen molar-refractivity contribution in [3.05, 3.63) is 71.8 Å². The molecule has 0 unspecified atom stereocenters. The molecule has 3 rings (SSSR count). The molecular formula is C16H17N. The molecule has 1 saturated heterocycles. The summed E-state index contributed by atoms with van der Waals surface area (Å²) < 4.78 is 0. The SMILES string of the molecule is CCN1[C@@H](c2ccccc2)[C@@H]1c1ccccc1. The van der Waals surface area contributed by atoms with E-state index in [0.717, 1.165) is 6.54 Å². The minimum Gasteiger partial charge on any atom is -0.286 e. The second-order valence-electron chi connectivity index (χ2n) is 4.54. The zero-order chi connectivity index (χ0) is 11.7. The average Bonchev–Trinajstić information content (AvgIpc) is 3.15. The van der Waals surface area contributed by atoms with Gasteiger partial charge in [0.2, 0.25) is 0 Å².